The molecule has 0 unspecified atom stereocenters. The van der Waals surface area contributed by atoms with Crippen molar-refractivity contribution >= 4 is 130 Å². The minimum Gasteiger partial charge on any atom is -0.507 e. The van der Waals surface area contributed by atoms with E-state index in [0.29, 0.717) is 35.2 Å². The van der Waals surface area contributed by atoms with Crippen molar-refractivity contribution in [2.45, 2.75) is 190 Å². The molecule has 2 aromatic heterocycles. The van der Waals surface area contributed by atoms with Crippen LogP contribution in [0.25, 0.3) is 141 Å². The third-order valence-corrected chi connectivity index (χ3v) is 21.4. The lowest BCUT2D eigenvalue weighted by Crippen LogP contribution is -1.94. The van der Waals surface area contributed by atoms with Crippen LogP contribution < -0.4 is 0 Å². The van der Waals surface area contributed by atoms with E-state index >= 15 is 0 Å². The second-order valence-corrected chi connectivity index (χ2v) is 29.7. The van der Waals surface area contributed by atoms with Crippen LogP contribution in [-0.2, 0) is 0 Å². The van der Waals surface area contributed by atoms with E-state index in [-0.39, 0.29) is 0 Å². The molecule has 2 heterocycles. The number of phenols is 2. The molecule has 0 radical (unpaired) electrons. The molecular weight excluding hydrogens is 1530 g/mol. The van der Waals surface area contributed by atoms with Crippen LogP contribution in [0.4, 0.5) is 0 Å². The van der Waals surface area contributed by atoms with Gasteiger partial charge in [-0.05, 0) is 148 Å². The molecule has 0 spiro atoms. The first-order valence-electron chi connectivity index (χ1n) is 46.6. The van der Waals surface area contributed by atoms with Crippen molar-refractivity contribution in [2.75, 3.05) is 0 Å². The third-order valence-electron chi connectivity index (χ3n) is 21.4. The Labute approximate surface area is 755 Å². The van der Waals surface area contributed by atoms with Gasteiger partial charge in [0.25, 0.3) is 0 Å². The van der Waals surface area contributed by atoms with Gasteiger partial charge in [-0.2, -0.15) is 0 Å². The van der Waals surface area contributed by atoms with Crippen molar-refractivity contribution < 1.29 is 10.2 Å². The summed E-state index contributed by atoms with van der Waals surface area (Å²) in [7, 11) is 0. The Morgan fingerprint density at radius 2 is 0.357 bits per heavy atom. The van der Waals surface area contributed by atoms with Gasteiger partial charge in [-0.15, -0.1) is 0 Å². The van der Waals surface area contributed by atoms with Crippen LogP contribution in [0, 0.1) is 0 Å². The monoisotopic (exact) mass is 1670 g/mol. The molecule has 0 aliphatic rings. The standard InChI is InChI=1S/2C22H15N.2C16H10O.C12H18.2C9H12.8C2H6/c2*1-2-10-17-16(8-1)9-7-15-20(17)23-21-13-5-3-11-18(21)19-12-4-6-14-22(19)23;2*17-14-9-7-12-5-4-10-2-1-3-11-6-8-13(14)16(12)15(10)11;1-9(2)11-5-7-12(8-6-11)10(3)4;2*1-8(2)9-6-4-3-5-7-9;8*1-2/h2*1-15H;2*1-9,17H;5-10H,1-4H3;2*3-8H,1-2H3;8*1-2H3. The molecule has 0 aliphatic carbocycles. The van der Waals surface area contributed by atoms with Gasteiger partial charge in [0.2, 0.25) is 0 Å². The molecule has 21 rings (SSSR count). The molecule has 19 aromatic carbocycles. The summed E-state index contributed by atoms with van der Waals surface area (Å²) in [6, 6.07) is 132. The number of benzene rings is 19. The summed E-state index contributed by atoms with van der Waals surface area (Å²) in [6.45, 7) is 49.7. The fraction of sp³-hybridized carbons (Fsp3) is 0.230. The van der Waals surface area contributed by atoms with Crippen molar-refractivity contribution in [1.29, 1.82) is 0 Å². The van der Waals surface area contributed by atoms with Crippen LogP contribution in [0.1, 0.15) is 212 Å². The van der Waals surface area contributed by atoms with Gasteiger partial charge in [0.15, 0.2) is 0 Å². The van der Waals surface area contributed by atoms with Crippen molar-refractivity contribution in [2.24, 2.45) is 0 Å². The van der Waals surface area contributed by atoms with Gasteiger partial charge >= 0.3 is 0 Å². The van der Waals surface area contributed by atoms with Gasteiger partial charge in [0.1, 0.15) is 11.5 Å². The maximum absolute atomic E-state index is 9.95. The highest BCUT2D eigenvalue weighted by atomic mass is 16.3. The van der Waals surface area contributed by atoms with Gasteiger partial charge in [-0.25, -0.2) is 0 Å². The smallest absolute Gasteiger partial charge is 0.123 e. The van der Waals surface area contributed by atoms with Gasteiger partial charge in [-0.1, -0.05) is 494 Å². The van der Waals surface area contributed by atoms with Crippen molar-refractivity contribution in [3.63, 3.8) is 0 Å². The zero-order valence-electron chi connectivity index (χ0n) is 79.9. The number of para-hydroxylation sites is 4. The molecule has 0 fully saturated rings. The SMILES string of the molecule is CC.CC.CC.CC.CC.CC.CC.CC.CC(C)c1ccc(C(C)C)cc1.CC(C)c1ccccc1.CC(C)c1ccccc1.Oc1ccc2ccc3cccc4ccc1c2c34.Oc1ccc2ccc3cccc4ccc1c2c34.c1ccc2c(-n3c4ccccc4c4ccccc43)cccc2c1.c1ccc2c(-n3c4ccccc4c4ccccc43)cccc2c1. The summed E-state index contributed by atoms with van der Waals surface area (Å²) < 4.78 is 4.76. The first-order valence-corrected chi connectivity index (χ1v) is 46.6. The molecule has 0 aliphatic heterocycles. The lowest BCUT2D eigenvalue weighted by molar-refractivity contribution is 0.481. The molecule has 4 heteroatoms. The molecule has 126 heavy (non-hydrogen) atoms. The zero-order chi connectivity index (χ0) is 91.8. The molecule has 0 amide bonds. The minimum absolute atomic E-state index is 0.357. The van der Waals surface area contributed by atoms with E-state index in [9.17, 15) is 10.2 Å². The summed E-state index contributed by atoms with van der Waals surface area (Å²) in [4.78, 5) is 0. The normalized spacial score (nSPS) is 10.3. The largest absolute Gasteiger partial charge is 0.507 e. The molecule has 0 bridgehead atoms. The van der Waals surface area contributed by atoms with Crippen LogP contribution in [-0.4, -0.2) is 19.3 Å². The number of aromatic hydroxyl groups is 2. The Morgan fingerprint density at radius 1 is 0.159 bits per heavy atom. The molecule has 2 N–H and O–H groups in total. The number of rotatable bonds is 6. The van der Waals surface area contributed by atoms with E-state index in [2.05, 4.69) is 392 Å². The Bertz CT molecular complexity index is 6130. The predicted octanol–water partition coefficient (Wildman–Crippen LogP) is 38.2. The second kappa shape index (κ2) is 51.9. The first kappa shape index (κ1) is 100. The average Bonchev–Trinajstić information content (AvgIpc) is 1.69. The highest BCUT2D eigenvalue weighted by molar-refractivity contribution is 6.25. The van der Waals surface area contributed by atoms with E-state index < -0.39 is 0 Å². The fourth-order valence-electron chi connectivity index (χ4n) is 15.6. The lowest BCUT2D eigenvalue weighted by atomic mass is 9.94. The molecule has 21 aromatic rings. The molecule has 0 saturated carbocycles. The Balaban J connectivity index is 0.000000200. The summed E-state index contributed by atoms with van der Waals surface area (Å²) >= 11 is 0. The van der Waals surface area contributed by atoms with Crippen molar-refractivity contribution in [1.82, 2.24) is 9.13 Å². The van der Waals surface area contributed by atoms with E-state index in [1.165, 1.54) is 153 Å². The summed E-state index contributed by atoms with van der Waals surface area (Å²) in [5.74, 6) is 3.32. The zero-order valence-corrected chi connectivity index (χ0v) is 79.9. The Morgan fingerprint density at radius 3 is 0.627 bits per heavy atom. The van der Waals surface area contributed by atoms with Gasteiger partial charge in [-0.3, -0.25) is 0 Å². The van der Waals surface area contributed by atoms with Crippen LogP contribution in [0.5, 0.6) is 11.5 Å². The molecule has 650 valence electrons. The Hall–Kier alpha value is -13.0. The number of hydrogen-bond acceptors (Lipinski definition) is 2. The van der Waals surface area contributed by atoms with Gasteiger partial charge < -0.3 is 19.3 Å². The third kappa shape index (κ3) is 23.9. The van der Waals surface area contributed by atoms with Crippen molar-refractivity contribution in [3.05, 3.63) is 398 Å². The maximum atomic E-state index is 9.95. The highest BCUT2D eigenvalue weighted by Crippen LogP contribution is 2.42. The average molecular weight is 1670 g/mol. The van der Waals surface area contributed by atoms with E-state index in [4.69, 9.17) is 0 Å². The fourth-order valence-corrected chi connectivity index (χ4v) is 15.6. The van der Waals surface area contributed by atoms with Gasteiger partial charge in [0.05, 0.1) is 33.4 Å². The Kier molecular flexibility index (Phi) is 41.2. The highest BCUT2D eigenvalue weighted by Gasteiger charge is 2.17. The summed E-state index contributed by atoms with van der Waals surface area (Å²) in [5, 5.41) is 44.2. The predicted molar refractivity (Wildman–Crippen MR) is 567 cm³/mol. The molecule has 4 nitrogen and oxygen atoms in total. The molecule has 0 saturated heterocycles. The van der Waals surface area contributed by atoms with Crippen LogP contribution in [0.3, 0.4) is 0 Å². The van der Waals surface area contributed by atoms with E-state index in [1.807, 2.05) is 147 Å². The van der Waals surface area contributed by atoms with Crippen LogP contribution >= 0.6 is 0 Å². The van der Waals surface area contributed by atoms with Crippen LogP contribution in [0.2, 0.25) is 0 Å². The number of phenolic OH excluding ortho intramolecular Hbond substituents is 2. The topological polar surface area (TPSA) is 50.3 Å². The second-order valence-electron chi connectivity index (χ2n) is 29.7. The maximum Gasteiger partial charge on any atom is 0.123 e. The first-order chi connectivity index (χ1) is 61.8. The van der Waals surface area contributed by atoms with E-state index in [1.54, 1.807) is 12.1 Å². The lowest BCUT2D eigenvalue weighted by Gasteiger charge is -2.11. The number of fused-ring (bicyclic) bond motifs is 8. The van der Waals surface area contributed by atoms with Crippen molar-refractivity contribution in [3.8, 4) is 22.9 Å². The molecule has 0 atom stereocenters. The van der Waals surface area contributed by atoms with Gasteiger partial charge in [0, 0.05) is 53.9 Å². The number of hydrogen-bond donors (Lipinski definition) is 2. The summed E-state index contributed by atoms with van der Waals surface area (Å²) in [5.41, 5.74) is 13.2. The number of aromatic nitrogens is 2. The number of nitrogens with zero attached hydrogens (tertiary/aromatic N) is 2. The summed E-state index contributed by atoms with van der Waals surface area (Å²) in [6.07, 6.45) is 0. The molecular formula is C122H140N2O2. The quantitative estimate of drug-likeness (QED) is 0.163. The minimum atomic E-state index is 0.357. The van der Waals surface area contributed by atoms with E-state index in [0.717, 1.165) is 10.8 Å². The van der Waals surface area contributed by atoms with Crippen LogP contribution in [0.15, 0.2) is 376 Å².